The number of carbonyl (C=O) groups excluding carboxylic acids is 2. The van der Waals surface area contributed by atoms with Gasteiger partial charge in [-0.3, -0.25) is 9.59 Å². The molecule has 2 amide bonds. The zero-order chi connectivity index (χ0) is 15.4. The number of aryl methyl sites for hydroxylation is 1. The Bertz CT molecular complexity index is 701. The summed E-state index contributed by atoms with van der Waals surface area (Å²) in [7, 11) is 0. The Morgan fingerprint density at radius 1 is 1.19 bits per heavy atom. The van der Waals surface area contributed by atoms with Crippen molar-refractivity contribution in [3.05, 3.63) is 52.3 Å². The van der Waals surface area contributed by atoms with Gasteiger partial charge in [0.2, 0.25) is 5.91 Å². The minimum absolute atomic E-state index is 0.161. The molecule has 0 aliphatic carbocycles. The first kappa shape index (κ1) is 15.2. The summed E-state index contributed by atoms with van der Waals surface area (Å²) >= 11 is 3.25. The summed E-state index contributed by atoms with van der Waals surface area (Å²) in [6.45, 7) is 3.32. The number of nitrogens with zero attached hydrogens (tertiary/aromatic N) is 1. The van der Waals surface area contributed by atoms with Crippen LogP contribution in [0, 0.1) is 6.92 Å². The zero-order valence-corrected chi connectivity index (χ0v) is 13.2. The van der Waals surface area contributed by atoms with Crippen molar-refractivity contribution in [3.8, 4) is 0 Å². The molecule has 21 heavy (non-hydrogen) atoms. The maximum absolute atomic E-state index is 12.3. The topological polar surface area (TPSA) is 71.1 Å². The minimum atomic E-state index is -0.266. The highest BCUT2D eigenvalue weighted by molar-refractivity contribution is 9.10. The SMILES string of the molecule is CC(=O)Nc1ccc(C)c(NC(=O)c2cccnc2Br)c1. The third kappa shape index (κ3) is 3.88. The third-order valence-electron chi connectivity index (χ3n) is 2.81. The molecule has 0 saturated heterocycles. The lowest BCUT2D eigenvalue weighted by Crippen LogP contribution is -2.14. The average Bonchev–Trinajstić information content (AvgIpc) is 2.42. The number of aromatic nitrogens is 1. The maximum atomic E-state index is 12.3. The highest BCUT2D eigenvalue weighted by Gasteiger charge is 2.12. The fourth-order valence-electron chi connectivity index (χ4n) is 1.78. The van der Waals surface area contributed by atoms with Crippen molar-refractivity contribution in [2.24, 2.45) is 0 Å². The molecule has 0 radical (unpaired) electrons. The van der Waals surface area contributed by atoms with Crippen molar-refractivity contribution in [2.75, 3.05) is 10.6 Å². The number of rotatable bonds is 3. The predicted molar refractivity (Wildman–Crippen MR) is 85.4 cm³/mol. The lowest BCUT2D eigenvalue weighted by atomic mass is 10.1. The highest BCUT2D eigenvalue weighted by atomic mass is 79.9. The lowest BCUT2D eigenvalue weighted by Gasteiger charge is -2.11. The molecule has 0 saturated carbocycles. The summed E-state index contributed by atoms with van der Waals surface area (Å²) in [6.07, 6.45) is 1.60. The molecule has 0 unspecified atom stereocenters. The van der Waals surface area contributed by atoms with E-state index in [1.54, 1.807) is 30.5 Å². The van der Waals surface area contributed by atoms with E-state index in [2.05, 4.69) is 31.5 Å². The van der Waals surface area contributed by atoms with E-state index in [1.165, 1.54) is 6.92 Å². The van der Waals surface area contributed by atoms with Gasteiger partial charge >= 0.3 is 0 Å². The van der Waals surface area contributed by atoms with E-state index in [0.717, 1.165) is 5.56 Å². The molecule has 1 heterocycles. The Kier molecular flexibility index (Phi) is 4.70. The average molecular weight is 348 g/mol. The minimum Gasteiger partial charge on any atom is -0.326 e. The molecule has 108 valence electrons. The molecule has 0 fully saturated rings. The highest BCUT2D eigenvalue weighted by Crippen LogP contribution is 2.22. The standard InChI is InChI=1S/C15H14BrN3O2/c1-9-5-6-11(18-10(2)20)8-13(9)19-15(21)12-4-3-7-17-14(12)16/h3-8H,1-2H3,(H,18,20)(H,19,21). The van der Waals surface area contributed by atoms with Crippen LogP contribution in [0.4, 0.5) is 11.4 Å². The van der Waals surface area contributed by atoms with Gasteiger partial charge in [-0.15, -0.1) is 0 Å². The van der Waals surface area contributed by atoms with Gasteiger partial charge in [-0.25, -0.2) is 4.98 Å². The van der Waals surface area contributed by atoms with Crippen molar-refractivity contribution < 1.29 is 9.59 Å². The van der Waals surface area contributed by atoms with E-state index in [1.807, 2.05) is 13.0 Å². The Morgan fingerprint density at radius 2 is 1.95 bits per heavy atom. The predicted octanol–water partition coefficient (Wildman–Crippen LogP) is 3.36. The van der Waals surface area contributed by atoms with Crippen LogP contribution in [0.5, 0.6) is 0 Å². The first-order chi connectivity index (χ1) is 9.97. The molecule has 1 aromatic heterocycles. The van der Waals surface area contributed by atoms with Crippen molar-refractivity contribution in [1.82, 2.24) is 4.98 Å². The Hall–Kier alpha value is -2.21. The molecule has 0 bridgehead atoms. The van der Waals surface area contributed by atoms with Gasteiger partial charge in [-0.1, -0.05) is 6.07 Å². The van der Waals surface area contributed by atoms with Gasteiger partial charge in [0.15, 0.2) is 0 Å². The number of nitrogens with one attached hydrogen (secondary N) is 2. The van der Waals surface area contributed by atoms with Gasteiger partial charge in [0, 0.05) is 24.5 Å². The molecule has 5 nitrogen and oxygen atoms in total. The molecule has 6 heteroatoms. The quantitative estimate of drug-likeness (QED) is 0.836. The Labute approximate surface area is 130 Å². The molecular weight excluding hydrogens is 334 g/mol. The van der Waals surface area contributed by atoms with Crippen LogP contribution in [-0.2, 0) is 4.79 Å². The summed E-state index contributed by atoms with van der Waals surface area (Å²) in [5.74, 6) is -0.427. The van der Waals surface area contributed by atoms with Crippen LogP contribution in [-0.4, -0.2) is 16.8 Å². The van der Waals surface area contributed by atoms with Gasteiger partial charge in [-0.05, 0) is 52.7 Å². The summed E-state index contributed by atoms with van der Waals surface area (Å²) in [6, 6.07) is 8.71. The fourth-order valence-corrected chi connectivity index (χ4v) is 2.21. The smallest absolute Gasteiger partial charge is 0.258 e. The molecular formula is C15H14BrN3O2. The normalized spacial score (nSPS) is 10.0. The molecule has 0 aliphatic heterocycles. The number of hydrogen-bond acceptors (Lipinski definition) is 3. The number of carbonyl (C=O) groups is 2. The van der Waals surface area contributed by atoms with Crippen molar-refractivity contribution in [3.63, 3.8) is 0 Å². The van der Waals surface area contributed by atoms with E-state index in [0.29, 0.717) is 21.5 Å². The van der Waals surface area contributed by atoms with Crippen LogP contribution in [0.2, 0.25) is 0 Å². The van der Waals surface area contributed by atoms with Crippen LogP contribution in [0.3, 0.4) is 0 Å². The number of anilines is 2. The van der Waals surface area contributed by atoms with Crippen LogP contribution >= 0.6 is 15.9 Å². The number of hydrogen-bond donors (Lipinski definition) is 2. The van der Waals surface area contributed by atoms with Crippen LogP contribution in [0.15, 0.2) is 41.1 Å². The second-order valence-corrected chi connectivity index (χ2v) is 5.26. The van der Waals surface area contributed by atoms with Crippen molar-refractivity contribution in [2.45, 2.75) is 13.8 Å². The van der Waals surface area contributed by atoms with Gasteiger partial charge in [0.1, 0.15) is 4.60 Å². The van der Waals surface area contributed by atoms with Crippen molar-refractivity contribution in [1.29, 1.82) is 0 Å². The van der Waals surface area contributed by atoms with E-state index < -0.39 is 0 Å². The zero-order valence-electron chi connectivity index (χ0n) is 11.6. The number of benzene rings is 1. The summed E-state index contributed by atoms with van der Waals surface area (Å²) < 4.78 is 0.484. The maximum Gasteiger partial charge on any atom is 0.258 e. The van der Waals surface area contributed by atoms with Crippen LogP contribution in [0.1, 0.15) is 22.8 Å². The van der Waals surface area contributed by atoms with Crippen LogP contribution < -0.4 is 10.6 Å². The second-order valence-electron chi connectivity index (χ2n) is 4.51. The lowest BCUT2D eigenvalue weighted by molar-refractivity contribution is -0.114. The van der Waals surface area contributed by atoms with E-state index >= 15 is 0 Å². The first-order valence-corrected chi connectivity index (χ1v) is 7.07. The summed E-state index contributed by atoms with van der Waals surface area (Å²) in [5.41, 5.74) is 2.62. The monoisotopic (exact) mass is 347 g/mol. The molecule has 0 spiro atoms. The molecule has 2 rings (SSSR count). The Balaban J connectivity index is 2.24. The molecule has 1 aromatic carbocycles. The number of pyridine rings is 1. The van der Waals surface area contributed by atoms with E-state index in [9.17, 15) is 9.59 Å². The van der Waals surface area contributed by atoms with Gasteiger partial charge < -0.3 is 10.6 Å². The largest absolute Gasteiger partial charge is 0.326 e. The Morgan fingerprint density at radius 3 is 2.62 bits per heavy atom. The van der Waals surface area contributed by atoms with Crippen LogP contribution in [0.25, 0.3) is 0 Å². The van der Waals surface area contributed by atoms with Gasteiger partial charge in [0.05, 0.1) is 5.56 Å². The third-order valence-corrected chi connectivity index (χ3v) is 3.44. The van der Waals surface area contributed by atoms with Gasteiger partial charge in [-0.2, -0.15) is 0 Å². The molecule has 0 aliphatic rings. The molecule has 2 N–H and O–H groups in total. The number of amides is 2. The second kappa shape index (κ2) is 6.49. The summed E-state index contributed by atoms with van der Waals surface area (Å²) in [4.78, 5) is 27.4. The number of halogens is 1. The molecule has 0 atom stereocenters. The van der Waals surface area contributed by atoms with E-state index in [4.69, 9.17) is 0 Å². The van der Waals surface area contributed by atoms with Crippen molar-refractivity contribution >= 4 is 39.1 Å². The van der Waals surface area contributed by atoms with Gasteiger partial charge in [0.25, 0.3) is 5.91 Å². The molecule has 2 aromatic rings. The summed E-state index contributed by atoms with van der Waals surface area (Å²) in [5, 5.41) is 5.51. The first-order valence-electron chi connectivity index (χ1n) is 6.27. The fraction of sp³-hybridized carbons (Fsp3) is 0.133. The van der Waals surface area contributed by atoms with E-state index in [-0.39, 0.29) is 11.8 Å².